The summed E-state index contributed by atoms with van der Waals surface area (Å²) in [7, 11) is 3.55. The Labute approximate surface area is 195 Å². The number of aromatic carboxylic acids is 1. The van der Waals surface area contributed by atoms with Gasteiger partial charge in [-0.2, -0.15) is 0 Å². The van der Waals surface area contributed by atoms with Crippen LogP contribution in [0.25, 0.3) is 10.9 Å². The van der Waals surface area contributed by atoms with Crippen molar-refractivity contribution in [1.82, 2.24) is 9.88 Å². The average molecular weight is 451 g/mol. The highest BCUT2D eigenvalue weighted by atomic mass is 16.5. The lowest BCUT2D eigenvalue weighted by molar-refractivity contribution is 0.0567. The van der Waals surface area contributed by atoms with Crippen LogP contribution in [0.1, 0.15) is 59.2 Å². The molecule has 4 rings (SSSR count). The second-order valence-electron chi connectivity index (χ2n) is 9.08. The number of nitrogens with zero attached hydrogens (tertiary/aromatic N) is 1. The number of fused-ring (bicyclic) bond motifs is 1. The van der Waals surface area contributed by atoms with Crippen molar-refractivity contribution in [1.29, 1.82) is 0 Å². The Morgan fingerprint density at radius 1 is 1.12 bits per heavy atom. The van der Waals surface area contributed by atoms with Crippen molar-refractivity contribution in [2.45, 2.75) is 64.3 Å². The molecular formula is C27H34N2O4. The van der Waals surface area contributed by atoms with E-state index in [-0.39, 0.29) is 6.10 Å². The molecule has 0 spiro atoms. The van der Waals surface area contributed by atoms with Crippen LogP contribution in [0.3, 0.4) is 0 Å². The van der Waals surface area contributed by atoms with Gasteiger partial charge in [-0.05, 0) is 61.6 Å². The van der Waals surface area contributed by atoms with Crippen LogP contribution in [-0.2, 0) is 17.8 Å². The van der Waals surface area contributed by atoms with Crippen molar-refractivity contribution >= 4 is 16.9 Å². The van der Waals surface area contributed by atoms with Gasteiger partial charge in [0.05, 0.1) is 18.8 Å². The van der Waals surface area contributed by atoms with Gasteiger partial charge >= 0.3 is 5.97 Å². The van der Waals surface area contributed by atoms with Crippen molar-refractivity contribution in [2.24, 2.45) is 0 Å². The van der Waals surface area contributed by atoms with Crippen molar-refractivity contribution < 1.29 is 19.4 Å². The fourth-order valence-electron chi connectivity index (χ4n) is 5.12. The van der Waals surface area contributed by atoms with E-state index >= 15 is 0 Å². The van der Waals surface area contributed by atoms with E-state index in [9.17, 15) is 9.90 Å². The van der Waals surface area contributed by atoms with E-state index in [1.165, 1.54) is 29.4 Å². The number of H-pyrrole nitrogens is 1. The minimum Gasteiger partial charge on any atom is -0.496 e. The lowest BCUT2D eigenvalue weighted by Crippen LogP contribution is -2.36. The number of benzene rings is 2. The van der Waals surface area contributed by atoms with Crippen molar-refractivity contribution in [3.63, 3.8) is 0 Å². The molecule has 176 valence electrons. The van der Waals surface area contributed by atoms with Crippen molar-refractivity contribution in [3.05, 3.63) is 64.8 Å². The number of ether oxygens (including phenoxy) is 2. The molecule has 1 aliphatic carbocycles. The van der Waals surface area contributed by atoms with Crippen LogP contribution in [0.15, 0.2) is 42.6 Å². The fraction of sp³-hybridized carbons (Fsp3) is 0.444. The maximum absolute atomic E-state index is 11.3. The molecule has 0 amide bonds. The average Bonchev–Trinajstić information content (AvgIpc) is 3.19. The molecule has 2 atom stereocenters. The highest BCUT2D eigenvalue weighted by molar-refractivity contribution is 5.88. The molecule has 0 aliphatic heterocycles. The first-order valence-corrected chi connectivity index (χ1v) is 11.7. The monoisotopic (exact) mass is 450 g/mol. The molecule has 1 heterocycles. The number of hydrogen-bond acceptors (Lipinski definition) is 4. The molecule has 3 aromatic rings. The summed E-state index contributed by atoms with van der Waals surface area (Å²) in [6.07, 6.45) is 7.84. The van der Waals surface area contributed by atoms with Crippen LogP contribution in [0, 0.1) is 6.92 Å². The summed E-state index contributed by atoms with van der Waals surface area (Å²) < 4.78 is 11.6. The number of nitrogens with one attached hydrogen (secondary N) is 1. The van der Waals surface area contributed by atoms with E-state index in [1.54, 1.807) is 19.2 Å². The van der Waals surface area contributed by atoms with Gasteiger partial charge in [-0.1, -0.05) is 25.0 Å². The third-order valence-corrected chi connectivity index (χ3v) is 6.98. The second kappa shape index (κ2) is 10.4. The SMILES string of the molecule is COc1cc(C)c2[nH]ccc2c1CN(Cc1ccc(C(=O)O)cc1)C1CCCCC(OC)C1. The third kappa shape index (κ3) is 5.23. The minimum atomic E-state index is -0.899. The first-order chi connectivity index (χ1) is 16.0. The lowest BCUT2D eigenvalue weighted by atomic mass is 10.00. The Morgan fingerprint density at radius 3 is 2.58 bits per heavy atom. The normalized spacial score (nSPS) is 19.0. The summed E-state index contributed by atoms with van der Waals surface area (Å²) >= 11 is 0. The molecule has 33 heavy (non-hydrogen) atoms. The largest absolute Gasteiger partial charge is 0.496 e. The molecule has 0 saturated heterocycles. The molecule has 1 aromatic heterocycles. The zero-order valence-electron chi connectivity index (χ0n) is 19.8. The second-order valence-corrected chi connectivity index (χ2v) is 9.08. The molecule has 6 heteroatoms. The fourth-order valence-corrected chi connectivity index (χ4v) is 5.12. The summed E-state index contributed by atoms with van der Waals surface area (Å²) in [5.41, 5.74) is 4.91. The Bertz CT molecular complexity index is 1090. The minimum absolute atomic E-state index is 0.265. The van der Waals surface area contributed by atoms with Gasteiger partial charge in [-0.25, -0.2) is 4.79 Å². The maximum Gasteiger partial charge on any atom is 0.335 e. The predicted molar refractivity (Wildman–Crippen MR) is 130 cm³/mol. The van der Waals surface area contributed by atoms with Gasteiger partial charge in [0, 0.05) is 48.9 Å². The van der Waals surface area contributed by atoms with Gasteiger partial charge in [0.15, 0.2) is 0 Å². The predicted octanol–water partition coefficient (Wildman–Crippen LogP) is 5.53. The molecule has 2 aromatic carbocycles. The molecular weight excluding hydrogens is 416 g/mol. The molecule has 6 nitrogen and oxygen atoms in total. The van der Waals surface area contributed by atoms with Crippen molar-refractivity contribution in [3.8, 4) is 5.75 Å². The van der Waals surface area contributed by atoms with E-state index < -0.39 is 5.97 Å². The molecule has 1 saturated carbocycles. The Morgan fingerprint density at radius 2 is 1.88 bits per heavy atom. The lowest BCUT2D eigenvalue weighted by Gasteiger charge is -2.33. The summed E-state index contributed by atoms with van der Waals surface area (Å²) in [6, 6.07) is 11.9. The van der Waals surface area contributed by atoms with E-state index in [1.807, 2.05) is 25.4 Å². The zero-order valence-corrected chi connectivity index (χ0v) is 19.8. The third-order valence-electron chi connectivity index (χ3n) is 6.98. The van der Waals surface area contributed by atoms with Crippen LogP contribution < -0.4 is 4.74 Å². The Hall–Kier alpha value is -2.83. The van der Waals surface area contributed by atoms with Gasteiger partial charge in [0.2, 0.25) is 0 Å². The number of carboxylic acids is 1. The number of carbonyl (C=O) groups is 1. The summed E-state index contributed by atoms with van der Waals surface area (Å²) in [6.45, 7) is 3.59. The molecule has 1 aliphatic rings. The van der Waals surface area contributed by atoms with Gasteiger partial charge in [-0.15, -0.1) is 0 Å². The van der Waals surface area contributed by atoms with Gasteiger partial charge < -0.3 is 19.6 Å². The quantitative estimate of drug-likeness (QED) is 0.441. The summed E-state index contributed by atoms with van der Waals surface area (Å²) in [5, 5.41) is 10.5. The summed E-state index contributed by atoms with van der Waals surface area (Å²) in [4.78, 5) is 17.2. The molecule has 0 bridgehead atoms. The van der Waals surface area contributed by atoms with Crippen LogP contribution in [0.5, 0.6) is 5.75 Å². The Balaban J connectivity index is 1.69. The van der Waals surface area contributed by atoms with Crippen LogP contribution in [0.4, 0.5) is 0 Å². The van der Waals surface area contributed by atoms with E-state index in [0.717, 1.165) is 49.2 Å². The van der Waals surface area contributed by atoms with E-state index in [2.05, 4.69) is 28.9 Å². The molecule has 1 fully saturated rings. The van der Waals surface area contributed by atoms with Crippen molar-refractivity contribution in [2.75, 3.05) is 14.2 Å². The van der Waals surface area contributed by atoms with Crippen LogP contribution >= 0.6 is 0 Å². The number of methoxy groups -OCH3 is 2. The van der Waals surface area contributed by atoms with Gasteiger partial charge in [0.1, 0.15) is 5.75 Å². The highest BCUT2D eigenvalue weighted by Crippen LogP contribution is 2.34. The molecule has 2 unspecified atom stereocenters. The number of aryl methyl sites for hydroxylation is 1. The smallest absolute Gasteiger partial charge is 0.335 e. The number of aromatic amines is 1. The van der Waals surface area contributed by atoms with Crippen LogP contribution in [0.2, 0.25) is 0 Å². The standard InChI is InChI=1S/C27H34N2O4/c1-18-14-25(33-3)24(23-12-13-28-26(18)23)17-29(21-6-4-5-7-22(15-21)32-2)16-19-8-10-20(11-9-19)27(30)31/h8-14,21-22,28H,4-7,15-17H2,1-3H3,(H,30,31). The topological polar surface area (TPSA) is 74.8 Å². The van der Waals surface area contributed by atoms with Gasteiger partial charge in [-0.3, -0.25) is 4.90 Å². The number of hydrogen-bond donors (Lipinski definition) is 2. The zero-order chi connectivity index (χ0) is 23.4. The van der Waals surface area contributed by atoms with Gasteiger partial charge in [0.25, 0.3) is 0 Å². The maximum atomic E-state index is 11.3. The van der Waals surface area contributed by atoms with E-state index in [0.29, 0.717) is 11.6 Å². The first kappa shape index (κ1) is 23.3. The Kier molecular flexibility index (Phi) is 7.36. The number of aromatic nitrogens is 1. The summed E-state index contributed by atoms with van der Waals surface area (Å²) in [5.74, 6) is 0.00657. The first-order valence-electron chi connectivity index (χ1n) is 11.7. The highest BCUT2D eigenvalue weighted by Gasteiger charge is 2.27. The molecule has 0 radical (unpaired) electrons. The van der Waals surface area contributed by atoms with Crippen LogP contribution in [-0.4, -0.2) is 47.3 Å². The number of carboxylic acid groups (broad SMARTS) is 1. The van der Waals surface area contributed by atoms with E-state index in [4.69, 9.17) is 9.47 Å². The number of rotatable bonds is 8. The molecule has 2 N–H and O–H groups in total.